The Balaban J connectivity index is 1.71. The molecular weight excluding hydrogens is 466 g/mol. The number of fused-ring (bicyclic) bond motifs is 1. The average molecular weight is 500 g/mol. The summed E-state index contributed by atoms with van der Waals surface area (Å²) in [5.74, 6) is 0.711. The van der Waals surface area contributed by atoms with Crippen molar-refractivity contribution in [2.24, 2.45) is 0 Å². The summed E-state index contributed by atoms with van der Waals surface area (Å²) >= 11 is 0. The molecule has 2 N–H and O–H groups in total. The van der Waals surface area contributed by atoms with Crippen molar-refractivity contribution < 1.29 is 9.53 Å². The number of hydrogen-bond acceptors (Lipinski definition) is 7. The van der Waals surface area contributed by atoms with E-state index in [0.717, 1.165) is 35.7 Å². The minimum absolute atomic E-state index is 0.299. The second-order valence-electron chi connectivity index (χ2n) is 9.05. The molecule has 0 aliphatic rings. The first kappa shape index (κ1) is 25.7. The molecule has 4 aromatic rings. The van der Waals surface area contributed by atoms with Crippen LogP contribution in [0, 0.1) is 6.92 Å². The Bertz CT molecular complexity index is 1430. The van der Waals surface area contributed by atoms with Gasteiger partial charge in [-0.3, -0.25) is 4.79 Å². The number of likely N-dealkylation sites (N-methyl/N-ethyl adjacent to an activating group) is 2. The number of methoxy groups -OCH3 is 1. The molecule has 192 valence electrons. The van der Waals surface area contributed by atoms with E-state index in [1.165, 1.54) is 11.6 Å². The Morgan fingerprint density at radius 1 is 1.14 bits per heavy atom. The highest BCUT2D eigenvalue weighted by Crippen LogP contribution is 2.38. The number of carbonyl (C=O) groups is 1. The first-order valence-corrected chi connectivity index (χ1v) is 12.0. The predicted molar refractivity (Wildman–Crippen MR) is 150 cm³/mol. The van der Waals surface area contributed by atoms with Crippen LogP contribution in [0.1, 0.15) is 5.56 Å². The highest BCUT2D eigenvalue weighted by Gasteiger charge is 2.17. The van der Waals surface area contributed by atoms with Crippen LogP contribution in [0.2, 0.25) is 0 Å². The van der Waals surface area contributed by atoms with Crippen molar-refractivity contribution in [1.29, 1.82) is 0 Å². The number of nitrogens with zero attached hydrogens (tertiary/aromatic N) is 5. The van der Waals surface area contributed by atoms with E-state index in [9.17, 15) is 4.79 Å². The first-order chi connectivity index (χ1) is 17.8. The van der Waals surface area contributed by atoms with Gasteiger partial charge < -0.3 is 29.6 Å². The van der Waals surface area contributed by atoms with Crippen molar-refractivity contribution in [1.82, 2.24) is 19.3 Å². The maximum atomic E-state index is 12.2. The maximum Gasteiger partial charge on any atom is 0.247 e. The van der Waals surface area contributed by atoms with Crippen LogP contribution >= 0.6 is 0 Å². The largest absolute Gasteiger partial charge is 0.494 e. The Morgan fingerprint density at radius 3 is 2.68 bits per heavy atom. The smallest absolute Gasteiger partial charge is 0.247 e. The Morgan fingerprint density at radius 2 is 1.95 bits per heavy atom. The van der Waals surface area contributed by atoms with Crippen LogP contribution in [0.3, 0.4) is 0 Å². The Kier molecular flexibility index (Phi) is 7.74. The first-order valence-electron chi connectivity index (χ1n) is 12.0. The topological polar surface area (TPSA) is 87.0 Å². The fourth-order valence-corrected chi connectivity index (χ4v) is 4.11. The number of rotatable bonds is 10. The number of hydrogen-bond donors (Lipinski definition) is 2. The fraction of sp³-hybridized carbons (Fsp3) is 0.250. The van der Waals surface area contributed by atoms with E-state index >= 15 is 0 Å². The summed E-state index contributed by atoms with van der Waals surface area (Å²) in [6.45, 7) is 7.27. The number of anilines is 4. The Hall–Kier alpha value is -4.37. The molecule has 0 spiro atoms. The molecule has 0 fully saturated rings. The van der Waals surface area contributed by atoms with Crippen LogP contribution in [0.25, 0.3) is 16.9 Å². The number of aryl methyl sites for hydroxylation is 1. The van der Waals surface area contributed by atoms with Crippen LogP contribution in [0.4, 0.5) is 23.0 Å². The number of aromatic nitrogens is 3. The number of pyridine rings is 1. The van der Waals surface area contributed by atoms with E-state index < -0.39 is 0 Å². The number of amides is 1. The number of carbonyl (C=O) groups excluding carboxylic acids is 1. The van der Waals surface area contributed by atoms with E-state index in [-0.39, 0.29) is 5.91 Å². The zero-order chi connectivity index (χ0) is 26.5. The number of nitrogens with one attached hydrogen (secondary N) is 2. The molecule has 4 rings (SSSR count). The molecule has 0 aliphatic heterocycles. The molecule has 1 amide bonds. The van der Waals surface area contributed by atoms with E-state index in [4.69, 9.17) is 9.72 Å². The van der Waals surface area contributed by atoms with Gasteiger partial charge in [0.05, 0.1) is 35.6 Å². The molecule has 0 saturated carbocycles. The predicted octanol–water partition coefficient (Wildman–Crippen LogP) is 4.58. The van der Waals surface area contributed by atoms with Crippen LogP contribution in [0.5, 0.6) is 5.75 Å². The van der Waals surface area contributed by atoms with Gasteiger partial charge in [-0.2, -0.15) is 0 Å². The molecule has 0 unspecified atom stereocenters. The minimum atomic E-state index is -0.299. The molecule has 1 aromatic carbocycles. The summed E-state index contributed by atoms with van der Waals surface area (Å²) in [5, 5.41) is 6.19. The van der Waals surface area contributed by atoms with Gasteiger partial charge in [0, 0.05) is 44.1 Å². The SMILES string of the molecule is C=CC(=O)Nc1cc(Nc2nccc(-c3cc(C)c4ccccn34)n2)c(OC)cc1N(C)CCN(C)C. The van der Waals surface area contributed by atoms with Crippen LogP contribution < -0.4 is 20.3 Å². The molecule has 0 bridgehead atoms. The number of benzene rings is 1. The summed E-state index contributed by atoms with van der Waals surface area (Å²) in [4.78, 5) is 25.6. The fourth-order valence-electron chi connectivity index (χ4n) is 4.11. The summed E-state index contributed by atoms with van der Waals surface area (Å²) in [5.41, 5.74) is 6.13. The minimum Gasteiger partial charge on any atom is -0.494 e. The zero-order valence-electron chi connectivity index (χ0n) is 21.9. The van der Waals surface area contributed by atoms with Crippen molar-refractivity contribution in [2.75, 3.05) is 56.9 Å². The van der Waals surface area contributed by atoms with Gasteiger partial charge in [-0.15, -0.1) is 0 Å². The van der Waals surface area contributed by atoms with Gasteiger partial charge in [0.25, 0.3) is 0 Å². The van der Waals surface area contributed by atoms with E-state index in [0.29, 0.717) is 23.1 Å². The van der Waals surface area contributed by atoms with Gasteiger partial charge in [0.1, 0.15) is 5.75 Å². The second kappa shape index (κ2) is 11.1. The van der Waals surface area contributed by atoms with Gasteiger partial charge in [-0.1, -0.05) is 12.6 Å². The van der Waals surface area contributed by atoms with Crippen LogP contribution in [-0.4, -0.2) is 66.5 Å². The van der Waals surface area contributed by atoms with Crippen molar-refractivity contribution in [3.8, 4) is 17.1 Å². The molecular formula is C28H33N7O2. The lowest BCUT2D eigenvalue weighted by Crippen LogP contribution is -2.29. The lowest BCUT2D eigenvalue weighted by Gasteiger charge is -2.26. The van der Waals surface area contributed by atoms with E-state index in [1.807, 2.05) is 57.7 Å². The zero-order valence-corrected chi connectivity index (χ0v) is 21.9. The van der Waals surface area contributed by atoms with Crippen molar-refractivity contribution >= 4 is 34.4 Å². The lowest BCUT2D eigenvalue weighted by molar-refractivity contribution is -0.111. The van der Waals surface area contributed by atoms with Gasteiger partial charge in [0.15, 0.2) is 0 Å². The van der Waals surface area contributed by atoms with Gasteiger partial charge >= 0.3 is 0 Å². The molecule has 9 heteroatoms. The average Bonchev–Trinajstić information content (AvgIpc) is 3.24. The summed E-state index contributed by atoms with van der Waals surface area (Å²) in [6.07, 6.45) is 4.99. The van der Waals surface area contributed by atoms with Crippen molar-refractivity contribution in [3.63, 3.8) is 0 Å². The lowest BCUT2D eigenvalue weighted by atomic mass is 10.2. The van der Waals surface area contributed by atoms with Gasteiger partial charge in [-0.25, -0.2) is 9.97 Å². The molecule has 3 aromatic heterocycles. The molecule has 0 atom stereocenters. The molecule has 0 aliphatic carbocycles. The third kappa shape index (κ3) is 5.73. The summed E-state index contributed by atoms with van der Waals surface area (Å²) in [7, 11) is 7.63. The third-order valence-corrected chi connectivity index (χ3v) is 6.10. The quantitative estimate of drug-likeness (QED) is 0.309. The van der Waals surface area contributed by atoms with E-state index in [2.05, 4.69) is 55.5 Å². The van der Waals surface area contributed by atoms with Crippen molar-refractivity contribution in [2.45, 2.75) is 6.92 Å². The normalized spacial score (nSPS) is 11.0. The summed E-state index contributed by atoms with van der Waals surface area (Å²) < 4.78 is 7.82. The molecule has 9 nitrogen and oxygen atoms in total. The second-order valence-corrected chi connectivity index (χ2v) is 9.05. The van der Waals surface area contributed by atoms with Crippen molar-refractivity contribution in [3.05, 3.63) is 73.1 Å². The molecule has 0 saturated heterocycles. The third-order valence-electron chi connectivity index (χ3n) is 6.10. The molecule has 3 heterocycles. The van der Waals surface area contributed by atoms with Gasteiger partial charge in [0.2, 0.25) is 11.9 Å². The molecule has 37 heavy (non-hydrogen) atoms. The van der Waals surface area contributed by atoms with Gasteiger partial charge in [-0.05, 0) is 63.0 Å². The standard InChI is InChI=1S/C28H33N7O2/c1-7-27(36)30-21-17-22(26(37-6)18-24(21)34(5)15-14-33(3)4)32-28-29-12-11-20(31-28)25-16-19(2)23-10-8-9-13-35(23)25/h7-13,16-18H,1,14-15H2,2-6H3,(H,30,36)(H,29,31,32). The van der Waals surface area contributed by atoms with Crippen LogP contribution in [0.15, 0.2) is 67.5 Å². The highest BCUT2D eigenvalue weighted by atomic mass is 16.5. The van der Waals surface area contributed by atoms with Crippen LogP contribution in [-0.2, 0) is 4.79 Å². The van der Waals surface area contributed by atoms with E-state index in [1.54, 1.807) is 13.3 Å². The summed E-state index contributed by atoms with van der Waals surface area (Å²) in [6, 6.07) is 13.8. The monoisotopic (exact) mass is 499 g/mol. The Labute approximate surface area is 217 Å². The highest BCUT2D eigenvalue weighted by molar-refractivity contribution is 6.02. The molecule has 0 radical (unpaired) electrons. The number of ether oxygens (including phenoxy) is 1. The maximum absolute atomic E-state index is 12.2.